The molecule has 6 nitrogen and oxygen atoms in total. The van der Waals surface area contributed by atoms with Crippen LogP contribution in [0.1, 0.15) is 12.8 Å². The summed E-state index contributed by atoms with van der Waals surface area (Å²) in [5.41, 5.74) is 0.838. The zero-order valence-corrected chi connectivity index (χ0v) is 9.11. The van der Waals surface area contributed by atoms with Crippen molar-refractivity contribution in [2.75, 3.05) is 0 Å². The topological polar surface area (TPSA) is 87.6 Å². The standard InChI is InChI=1S/C11H11N5O/c12-7-1-2-8-16-11(13-14-15-16)9-3-5-10(17)6-4-9/h3-6,17H,1-2,8H2. The van der Waals surface area contributed by atoms with Crippen LogP contribution in [0.3, 0.4) is 0 Å². The summed E-state index contributed by atoms with van der Waals surface area (Å²) in [5, 5.41) is 29.1. The lowest BCUT2D eigenvalue weighted by Crippen LogP contribution is -2.02. The first kappa shape index (κ1) is 11.1. The highest BCUT2D eigenvalue weighted by atomic mass is 16.3. The summed E-state index contributed by atoms with van der Waals surface area (Å²) in [6.45, 7) is 0.608. The van der Waals surface area contributed by atoms with Gasteiger partial charge in [0, 0.05) is 18.5 Å². The second kappa shape index (κ2) is 5.07. The minimum absolute atomic E-state index is 0.206. The van der Waals surface area contributed by atoms with Crippen LogP contribution in [-0.2, 0) is 6.54 Å². The number of hydrogen-bond donors (Lipinski definition) is 1. The van der Waals surface area contributed by atoms with Gasteiger partial charge in [-0.3, -0.25) is 0 Å². The average Bonchev–Trinajstić information content (AvgIpc) is 2.79. The molecule has 1 aromatic carbocycles. The fraction of sp³-hybridized carbons (Fsp3) is 0.273. The van der Waals surface area contributed by atoms with Crippen LogP contribution in [0.4, 0.5) is 0 Å². The zero-order chi connectivity index (χ0) is 12.1. The molecule has 86 valence electrons. The Morgan fingerprint density at radius 2 is 2.06 bits per heavy atom. The van der Waals surface area contributed by atoms with Gasteiger partial charge in [-0.1, -0.05) is 0 Å². The van der Waals surface area contributed by atoms with E-state index in [0.29, 0.717) is 25.2 Å². The highest BCUT2D eigenvalue weighted by Crippen LogP contribution is 2.19. The van der Waals surface area contributed by atoms with E-state index in [1.165, 1.54) is 0 Å². The second-order valence-electron chi connectivity index (χ2n) is 3.53. The molecule has 0 fully saturated rings. The van der Waals surface area contributed by atoms with Crippen LogP contribution in [-0.4, -0.2) is 25.3 Å². The highest BCUT2D eigenvalue weighted by Gasteiger charge is 2.08. The van der Waals surface area contributed by atoms with Gasteiger partial charge in [0.25, 0.3) is 0 Å². The van der Waals surface area contributed by atoms with E-state index in [-0.39, 0.29) is 5.75 Å². The van der Waals surface area contributed by atoms with Gasteiger partial charge in [0.2, 0.25) is 0 Å². The molecule has 0 aliphatic heterocycles. The molecule has 1 heterocycles. The molecule has 0 bridgehead atoms. The van der Waals surface area contributed by atoms with E-state index < -0.39 is 0 Å². The van der Waals surface area contributed by atoms with E-state index in [9.17, 15) is 5.11 Å². The van der Waals surface area contributed by atoms with E-state index in [4.69, 9.17) is 5.26 Å². The fourth-order valence-electron chi connectivity index (χ4n) is 1.48. The average molecular weight is 229 g/mol. The minimum Gasteiger partial charge on any atom is -0.508 e. The van der Waals surface area contributed by atoms with E-state index >= 15 is 0 Å². The van der Waals surface area contributed by atoms with Crippen molar-refractivity contribution in [2.45, 2.75) is 19.4 Å². The molecule has 6 heteroatoms. The number of tetrazole rings is 1. The Morgan fingerprint density at radius 3 is 2.76 bits per heavy atom. The lowest BCUT2D eigenvalue weighted by Gasteiger charge is -2.02. The normalized spacial score (nSPS) is 10.1. The SMILES string of the molecule is N#CCCCn1nnnc1-c1ccc(O)cc1. The van der Waals surface area contributed by atoms with Crippen molar-refractivity contribution >= 4 is 0 Å². The van der Waals surface area contributed by atoms with Gasteiger partial charge >= 0.3 is 0 Å². The number of hydrogen-bond acceptors (Lipinski definition) is 5. The molecule has 2 rings (SSSR count). The fourth-order valence-corrected chi connectivity index (χ4v) is 1.48. The summed E-state index contributed by atoms with van der Waals surface area (Å²) in [6, 6.07) is 8.76. The van der Waals surface area contributed by atoms with Gasteiger partial charge in [-0.15, -0.1) is 5.10 Å². The number of benzene rings is 1. The highest BCUT2D eigenvalue weighted by molar-refractivity contribution is 5.55. The molecule has 0 unspecified atom stereocenters. The van der Waals surface area contributed by atoms with Crippen molar-refractivity contribution < 1.29 is 5.11 Å². The Morgan fingerprint density at radius 1 is 1.29 bits per heavy atom. The quantitative estimate of drug-likeness (QED) is 0.799. The number of nitriles is 1. The first-order valence-corrected chi connectivity index (χ1v) is 5.24. The monoisotopic (exact) mass is 229 g/mol. The van der Waals surface area contributed by atoms with Crippen LogP contribution < -0.4 is 0 Å². The van der Waals surface area contributed by atoms with E-state index in [1.54, 1.807) is 28.9 Å². The van der Waals surface area contributed by atoms with Crippen LogP contribution in [0.5, 0.6) is 5.75 Å². The van der Waals surface area contributed by atoms with Gasteiger partial charge in [0.15, 0.2) is 5.82 Å². The third-order valence-electron chi connectivity index (χ3n) is 2.32. The van der Waals surface area contributed by atoms with E-state index in [2.05, 4.69) is 21.6 Å². The largest absolute Gasteiger partial charge is 0.508 e. The lowest BCUT2D eigenvalue weighted by molar-refractivity contribution is 0.475. The summed E-state index contributed by atoms with van der Waals surface area (Å²) in [7, 11) is 0. The van der Waals surface area contributed by atoms with Gasteiger partial charge in [-0.2, -0.15) is 5.26 Å². The summed E-state index contributed by atoms with van der Waals surface area (Å²) < 4.78 is 1.66. The Kier molecular flexibility index (Phi) is 3.31. The predicted molar refractivity (Wildman–Crippen MR) is 59.8 cm³/mol. The van der Waals surface area contributed by atoms with Crippen molar-refractivity contribution in [3.63, 3.8) is 0 Å². The maximum atomic E-state index is 9.20. The van der Waals surface area contributed by atoms with Crippen molar-refractivity contribution in [3.05, 3.63) is 24.3 Å². The summed E-state index contributed by atoms with van der Waals surface area (Å²) in [5.74, 6) is 0.847. The Hall–Kier alpha value is -2.42. The Balaban J connectivity index is 2.19. The molecule has 0 aliphatic rings. The molecule has 17 heavy (non-hydrogen) atoms. The molecule has 0 aliphatic carbocycles. The number of rotatable bonds is 4. The first-order chi connectivity index (χ1) is 8.31. The molecule has 0 radical (unpaired) electrons. The molecule has 0 atom stereocenters. The van der Waals surface area contributed by atoms with E-state index in [0.717, 1.165) is 5.56 Å². The molecule has 0 amide bonds. The Labute approximate surface area is 98.1 Å². The number of aromatic hydroxyl groups is 1. The maximum Gasteiger partial charge on any atom is 0.182 e. The second-order valence-corrected chi connectivity index (χ2v) is 3.53. The molecule has 2 aromatic rings. The predicted octanol–water partition coefficient (Wildman–Crippen LogP) is 1.35. The minimum atomic E-state index is 0.206. The van der Waals surface area contributed by atoms with Crippen LogP contribution in [0.15, 0.2) is 24.3 Å². The number of aromatic nitrogens is 4. The molecular weight excluding hydrogens is 218 g/mol. The third-order valence-corrected chi connectivity index (χ3v) is 2.32. The smallest absolute Gasteiger partial charge is 0.182 e. The number of aryl methyl sites for hydroxylation is 1. The molecule has 0 saturated carbocycles. The molecule has 1 aromatic heterocycles. The van der Waals surface area contributed by atoms with Crippen molar-refractivity contribution in [1.82, 2.24) is 20.2 Å². The molecule has 0 spiro atoms. The number of phenols is 1. The summed E-state index contributed by atoms with van der Waals surface area (Å²) in [4.78, 5) is 0. The van der Waals surface area contributed by atoms with Gasteiger partial charge in [0.05, 0.1) is 6.07 Å². The van der Waals surface area contributed by atoms with Gasteiger partial charge < -0.3 is 5.11 Å². The molecular formula is C11H11N5O. The van der Waals surface area contributed by atoms with Crippen molar-refractivity contribution in [3.8, 4) is 23.2 Å². The first-order valence-electron chi connectivity index (χ1n) is 5.24. The van der Waals surface area contributed by atoms with Gasteiger partial charge in [-0.05, 0) is 41.1 Å². The van der Waals surface area contributed by atoms with Crippen LogP contribution in [0, 0.1) is 11.3 Å². The maximum absolute atomic E-state index is 9.20. The van der Waals surface area contributed by atoms with Gasteiger partial charge in [0.1, 0.15) is 5.75 Å². The summed E-state index contributed by atoms with van der Waals surface area (Å²) >= 11 is 0. The third kappa shape index (κ3) is 2.58. The number of nitrogens with zero attached hydrogens (tertiary/aromatic N) is 5. The Bertz CT molecular complexity index is 526. The number of unbranched alkanes of at least 4 members (excludes halogenated alkanes) is 1. The summed E-state index contributed by atoms with van der Waals surface area (Å²) in [6.07, 6.45) is 1.20. The van der Waals surface area contributed by atoms with Crippen LogP contribution in [0.2, 0.25) is 0 Å². The molecule has 1 N–H and O–H groups in total. The van der Waals surface area contributed by atoms with E-state index in [1.807, 2.05) is 0 Å². The van der Waals surface area contributed by atoms with Crippen LogP contribution in [0.25, 0.3) is 11.4 Å². The van der Waals surface area contributed by atoms with Crippen LogP contribution >= 0.6 is 0 Å². The van der Waals surface area contributed by atoms with Crippen molar-refractivity contribution in [1.29, 1.82) is 5.26 Å². The number of phenolic OH excluding ortho intramolecular Hbond substituents is 1. The molecule has 0 saturated heterocycles. The zero-order valence-electron chi connectivity index (χ0n) is 9.11. The lowest BCUT2D eigenvalue weighted by atomic mass is 10.2. The van der Waals surface area contributed by atoms with Gasteiger partial charge in [-0.25, -0.2) is 4.68 Å². The van der Waals surface area contributed by atoms with Crippen molar-refractivity contribution in [2.24, 2.45) is 0 Å².